The van der Waals surface area contributed by atoms with E-state index >= 15 is 0 Å². The van der Waals surface area contributed by atoms with Crippen molar-refractivity contribution in [3.63, 3.8) is 0 Å². The smallest absolute Gasteiger partial charge is 0.118 e. The molecule has 0 aliphatic rings. The molecule has 0 radical (unpaired) electrons. The zero-order valence-electron chi connectivity index (χ0n) is 12.9. The van der Waals surface area contributed by atoms with Crippen molar-refractivity contribution in [3.05, 3.63) is 59.7 Å². The van der Waals surface area contributed by atoms with E-state index in [0.29, 0.717) is 6.04 Å². The van der Waals surface area contributed by atoms with Gasteiger partial charge in [-0.2, -0.15) is 0 Å². The van der Waals surface area contributed by atoms with Gasteiger partial charge in [0.05, 0.1) is 7.11 Å². The zero-order chi connectivity index (χ0) is 15.1. The summed E-state index contributed by atoms with van der Waals surface area (Å²) in [4.78, 5) is 1.32. The van der Waals surface area contributed by atoms with Gasteiger partial charge in [-0.15, -0.1) is 11.8 Å². The van der Waals surface area contributed by atoms with Crippen LogP contribution in [0.25, 0.3) is 0 Å². The lowest BCUT2D eigenvalue weighted by Gasteiger charge is -2.18. The van der Waals surface area contributed by atoms with Gasteiger partial charge in [0.25, 0.3) is 0 Å². The largest absolute Gasteiger partial charge is 0.497 e. The molecule has 0 heterocycles. The molecule has 0 saturated carbocycles. The monoisotopic (exact) mass is 301 g/mol. The summed E-state index contributed by atoms with van der Waals surface area (Å²) in [5, 5.41) is 3.56. The van der Waals surface area contributed by atoms with Gasteiger partial charge in [0, 0.05) is 16.7 Å². The van der Waals surface area contributed by atoms with Crippen LogP contribution in [0, 0.1) is 6.92 Å². The van der Waals surface area contributed by atoms with Gasteiger partial charge in [-0.1, -0.05) is 36.8 Å². The average Bonchev–Trinajstić information content (AvgIpc) is 2.53. The highest BCUT2D eigenvalue weighted by atomic mass is 32.2. The van der Waals surface area contributed by atoms with Gasteiger partial charge in [-0.25, -0.2) is 0 Å². The highest BCUT2D eigenvalue weighted by Crippen LogP contribution is 2.26. The number of rotatable bonds is 7. The minimum absolute atomic E-state index is 0.354. The number of hydrogen-bond donors (Lipinski definition) is 1. The average molecular weight is 301 g/mol. The third-order valence-corrected chi connectivity index (χ3v) is 4.51. The quantitative estimate of drug-likeness (QED) is 0.764. The van der Waals surface area contributed by atoms with Crippen molar-refractivity contribution in [3.8, 4) is 5.75 Å². The van der Waals surface area contributed by atoms with Gasteiger partial charge in [0.1, 0.15) is 5.75 Å². The molecule has 2 nitrogen and oxygen atoms in total. The van der Waals surface area contributed by atoms with E-state index in [1.54, 1.807) is 7.11 Å². The predicted molar refractivity (Wildman–Crippen MR) is 91.3 cm³/mol. The summed E-state index contributed by atoms with van der Waals surface area (Å²) in [5.74, 6) is 1.92. The van der Waals surface area contributed by atoms with Crippen LogP contribution in [0.5, 0.6) is 5.75 Å². The van der Waals surface area contributed by atoms with E-state index in [1.165, 1.54) is 16.0 Å². The molecule has 112 valence electrons. The number of thioether (sulfide) groups is 1. The van der Waals surface area contributed by atoms with Crippen LogP contribution < -0.4 is 10.1 Å². The summed E-state index contributed by atoms with van der Waals surface area (Å²) in [6.45, 7) is 5.23. The Balaban J connectivity index is 2.02. The van der Waals surface area contributed by atoms with Crippen LogP contribution in [-0.2, 0) is 0 Å². The van der Waals surface area contributed by atoms with Crippen molar-refractivity contribution in [2.24, 2.45) is 0 Å². The maximum Gasteiger partial charge on any atom is 0.118 e. The highest BCUT2D eigenvalue weighted by Gasteiger charge is 2.11. The van der Waals surface area contributed by atoms with Crippen molar-refractivity contribution in [2.75, 3.05) is 19.4 Å². The molecule has 0 aliphatic carbocycles. The van der Waals surface area contributed by atoms with Crippen molar-refractivity contribution >= 4 is 11.8 Å². The van der Waals surface area contributed by atoms with Crippen LogP contribution in [0.15, 0.2) is 53.4 Å². The first kappa shape index (κ1) is 15.9. The van der Waals surface area contributed by atoms with Crippen molar-refractivity contribution in [1.29, 1.82) is 0 Å². The SMILES string of the molecule is CCNC(CSc1ccc(C)cc1)c1ccc(OC)cc1. The minimum atomic E-state index is 0.354. The Morgan fingerprint density at radius 1 is 1.05 bits per heavy atom. The predicted octanol–water partition coefficient (Wildman–Crippen LogP) is 4.45. The Morgan fingerprint density at radius 3 is 2.29 bits per heavy atom. The number of aryl methyl sites for hydroxylation is 1. The molecule has 0 saturated heterocycles. The first-order chi connectivity index (χ1) is 10.2. The number of benzene rings is 2. The molecular weight excluding hydrogens is 278 g/mol. The minimum Gasteiger partial charge on any atom is -0.497 e. The molecule has 1 N–H and O–H groups in total. The Morgan fingerprint density at radius 2 is 1.71 bits per heavy atom. The van der Waals surface area contributed by atoms with E-state index < -0.39 is 0 Å². The molecule has 0 fully saturated rings. The van der Waals surface area contributed by atoms with Crippen LogP contribution in [0.1, 0.15) is 24.1 Å². The van der Waals surface area contributed by atoms with Crippen molar-refractivity contribution < 1.29 is 4.74 Å². The maximum atomic E-state index is 5.22. The molecule has 0 aliphatic heterocycles. The van der Waals surface area contributed by atoms with E-state index in [-0.39, 0.29) is 0 Å². The van der Waals surface area contributed by atoms with Crippen molar-refractivity contribution in [2.45, 2.75) is 24.8 Å². The van der Waals surface area contributed by atoms with E-state index in [4.69, 9.17) is 4.74 Å². The normalized spacial score (nSPS) is 12.1. The van der Waals surface area contributed by atoms with Gasteiger partial charge in [0.2, 0.25) is 0 Å². The molecular formula is C18H23NOS. The summed E-state index contributed by atoms with van der Waals surface area (Å²) < 4.78 is 5.22. The Hall–Kier alpha value is -1.45. The lowest BCUT2D eigenvalue weighted by atomic mass is 10.1. The van der Waals surface area contributed by atoms with Crippen LogP contribution in [0.4, 0.5) is 0 Å². The van der Waals surface area contributed by atoms with Gasteiger partial charge in [0.15, 0.2) is 0 Å². The van der Waals surface area contributed by atoms with Gasteiger partial charge < -0.3 is 10.1 Å². The van der Waals surface area contributed by atoms with Gasteiger partial charge in [-0.05, 0) is 43.3 Å². The summed E-state index contributed by atoms with van der Waals surface area (Å²) in [6.07, 6.45) is 0. The van der Waals surface area contributed by atoms with Crippen molar-refractivity contribution in [1.82, 2.24) is 5.32 Å². The molecule has 1 unspecified atom stereocenters. The number of methoxy groups -OCH3 is 1. The number of nitrogens with one attached hydrogen (secondary N) is 1. The summed E-state index contributed by atoms with van der Waals surface area (Å²) >= 11 is 1.89. The standard InChI is InChI=1S/C18H23NOS/c1-4-19-18(15-7-9-16(20-3)10-8-15)13-21-17-11-5-14(2)6-12-17/h5-12,18-19H,4,13H2,1-3H3. The molecule has 0 spiro atoms. The van der Waals surface area contributed by atoms with Crippen LogP contribution >= 0.6 is 11.8 Å². The fourth-order valence-electron chi connectivity index (χ4n) is 2.17. The van der Waals surface area contributed by atoms with Crippen LogP contribution in [0.3, 0.4) is 0 Å². The first-order valence-electron chi connectivity index (χ1n) is 7.29. The maximum absolute atomic E-state index is 5.22. The molecule has 0 amide bonds. The second-order valence-corrected chi connectivity index (χ2v) is 6.10. The zero-order valence-corrected chi connectivity index (χ0v) is 13.7. The fourth-order valence-corrected chi connectivity index (χ4v) is 3.17. The third-order valence-electron chi connectivity index (χ3n) is 3.41. The molecule has 2 aromatic rings. The van der Waals surface area contributed by atoms with Gasteiger partial charge in [-0.3, -0.25) is 0 Å². The molecule has 21 heavy (non-hydrogen) atoms. The van der Waals surface area contributed by atoms with Gasteiger partial charge >= 0.3 is 0 Å². The van der Waals surface area contributed by atoms with E-state index in [0.717, 1.165) is 18.0 Å². The summed E-state index contributed by atoms with van der Waals surface area (Å²) in [6, 6.07) is 17.4. The Kier molecular flexibility index (Phi) is 6.15. The van der Waals surface area contributed by atoms with Crippen LogP contribution in [-0.4, -0.2) is 19.4 Å². The fraction of sp³-hybridized carbons (Fsp3) is 0.333. The lowest BCUT2D eigenvalue weighted by molar-refractivity contribution is 0.414. The Bertz CT molecular complexity index is 536. The third kappa shape index (κ3) is 4.80. The second-order valence-electron chi connectivity index (χ2n) is 5.01. The summed E-state index contributed by atoms with van der Waals surface area (Å²) in [7, 11) is 1.70. The van der Waals surface area contributed by atoms with E-state index in [9.17, 15) is 0 Å². The number of ether oxygens (including phenoxy) is 1. The van der Waals surface area contributed by atoms with Crippen LogP contribution in [0.2, 0.25) is 0 Å². The first-order valence-corrected chi connectivity index (χ1v) is 8.28. The lowest BCUT2D eigenvalue weighted by Crippen LogP contribution is -2.22. The molecule has 0 bridgehead atoms. The molecule has 2 rings (SSSR count). The Labute approximate surface area is 131 Å². The summed E-state index contributed by atoms with van der Waals surface area (Å²) in [5.41, 5.74) is 2.61. The second kappa shape index (κ2) is 8.11. The highest BCUT2D eigenvalue weighted by molar-refractivity contribution is 7.99. The number of hydrogen-bond acceptors (Lipinski definition) is 3. The molecule has 0 aromatic heterocycles. The topological polar surface area (TPSA) is 21.3 Å². The molecule has 1 atom stereocenters. The van der Waals surface area contributed by atoms with E-state index in [2.05, 4.69) is 55.6 Å². The van der Waals surface area contributed by atoms with E-state index in [1.807, 2.05) is 23.9 Å². The molecule has 2 aromatic carbocycles. The molecule has 3 heteroatoms.